The average molecular weight is 326 g/mol. The number of aliphatic hydroxyl groups excluding tert-OH is 1. The Labute approximate surface area is 141 Å². The summed E-state index contributed by atoms with van der Waals surface area (Å²) in [5.41, 5.74) is 0. The molecule has 0 bridgehead atoms. The molecule has 2 aliphatic rings. The van der Waals surface area contributed by atoms with E-state index in [1.165, 1.54) is 45.7 Å². The van der Waals surface area contributed by atoms with Gasteiger partial charge in [-0.2, -0.15) is 0 Å². The van der Waals surface area contributed by atoms with Gasteiger partial charge in [0.15, 0.2) is 5.96 Å². The molecule has 0 aliphatic carbocycles. The number of likely N-dealkylation sites (N-methyl/N-ethyl adjacent to an activating group) is 1. The van der Waals surface area contributed by atoms with Crippen molar-refractivity contribution in [3.05, 3.63) is 0 Å². The third-order valence-corrected chi connectivity index (χ3v) is 4.85. The molecule has 2 N–H and O–H groups in total. The number of nitrogens with one attached hydrogen (secondary N) is 1. The van der Waals surface area contributed by atoms with Crippen molar-refractivity contribution in [2.45, 2.75) is 39.2 Å². The van der Waals surface area contributed by atoms with E-state index in [9.17, 15) is 5.11 Å². The highest BCUT2D eigenvalue weighted by atomic mass is 16.3. The summed E-state index contributed by atoms with van der Waals surface area (Å²) in [5.74, 6) is 0.973. The highest BCUT2D eigenvalue weighted by Gasteiger charge is 2.22. The van der Waals surface area contributed by atoms with E-state index in [2.05, 4.69) is 33.9 Å². The maximum Gasteiger partial charge on any atom is 0.194 e. The molecular formula is C17H35N5O. The van der Waals surface area contributed by atoms with Crippen LogP contribution < -0.4 is 5.32 Å². The van der Waals surface area contributed by atoms with Gasteiger partial charge in [0.1, 0.15) is 0 Å². The number of piperazine rings is 1. The van der Waals surface area contributed by atoms with Crippen molar-refractivity contribution in [1.29, 1.82) is 0 Å². The molecule has 2 aliphatic heterocycles. The highest BCUT2D eigenvalue weighted by Crippen LogP contribution is 2.09. The molecule has 2 fully saturated rings. The summed E-state index contributed by atoms with van der Waals surface area (Å²) in [6, 6.07) is 0. The molecule has 1 atom stereocenters. The molecule has 2 saturated heterocycles. The van der Waals surface area contributed by atoms with Crippen LogP contribution in [0.2, 0.25) is 0 Å². The van der Waals surface area contributed by atoms with Crippen molar-refractivity contribution in [2.24, 2.45) is 4.99 Å². The number of hydrogen-bond acceptors (Lipinski definition) is 4. The van der Waals surface area contributed by atoms with Crippen molar-refractivity contribution >= 4 is 5.96 Å². The summed E-state index contributed by atoms with van der Waals surface area (Å²) in [5, 5.41) is 13.0. The van der Waals surface area contributed by atoms with E-state index in [-0.39, 0.29) is 6.10 Å². The lowest BCUT2D eigenvalue weighted by atomic mass is 10.2. The van der Waals surface area contributed by atoms with Crippen LogP contribution in [0.25, 0.3) is 0 Å². The van der Waals surface area contributed by atoms with Gasteiger partial charge in [0.25, 0.3) is 0 Å². The molecule has 6 heteroatoms. The molecule has 0 radical (unpaired) electrons. The normalized spacial score (nSPS) is 24.4. The standard InChI is InChI=1S/C17H35N5O/c1-3-18-17(22-10-7-16(23)15-22)19-8-5-6-9-21-13-11-20(4-2)12-14-21/h16,23H,3-15H2,1-2H3,(H,18,19)/t16-/m1/s1. The molecule has 2 heterocycles. The molecule has 0 spiro atoms. The van der Waals surface area contributed by atoms with Gasteiger partial charge in [-0.05, 0) is 39.3 Å². The number of aliphatic hydroxyl groups is 1. The van der Waals surface area contributed by atoms with Gasteiger partial charge in [-0.3, -0.25) is 4.99 Å². The fraction of sp³-hybridized carbons (Fsp3) is 0.941. The van der Waals surface area contributed by atoms with E-state index in [1.54, 1.807) is 0 Å². The van der Waals surface area contributed by atoms with E-state index in [0.717, 1.165) is 38.4 Å². The van der Waals surface area contributed by atoms with Crippen LogP contribution in [-0.4, -0.2) is 97.3 Å². The number of hydrogen-bond donors (Lipinski definition) is 2. The summed E-state index contributed by atoms with van der Waals surface area (Å²) in [7, 11) is 0. The molecule has 6 nitrogen and oxygen atoms in total. The molecule has 23 heavy (non-hydrogen) atoms. The Morgan fingerprint density at radius 1 is 1.09 bits per heavy atom. The second-order valence-corrected chi connectivity index (χ2v) is 6.61. The molecular weight excluding hydrogens is 290 g/mol. The van der Waals surface area contributed by atoms with Crippen molar-refractivity contribution in [3.8, 4) is 0 Å². The molecule has 134 valence electrons. The maximum absolute atomic E-state index is 9.67. The predicted octanol–water partition coefficient (Wildman–Crippen LogP) is 0.436. The summed E-state index contributed by atoms with van der Waals surface area (Å²) in [6.45, 7) is 15.0. The number of β-amino-alcohol motifs (C(OH)–C–C–N with tert-alkyl or cyclic N) is 1. The van der Waals surface area contributed by atoms with Gasteiger partial charge in [0, 0.05) is 52.4 Å². The van der Waals surface area contributed by atoms with E-state index in [0.29, 0.717) is 6.54 Å². The molecule has 0 aromatic carbocycles. The molecule has 0 unspecified atom stereocenters. The largest absolute Gasteiger partial charge is 0.391 e. The van der Waals surface area contributed by atoms with Gasteiger partial charge in [-0.1, -0.05) is 6.92 Å². The topological polar surface area (TPSA) is 54.3 Å². The Morgan fingerprint density at radius 3 is 2.43 bits per heavy atom. The van der Waals surface area contributed by atoms with Gasteiger partial charge in [0.05, 0.1) is 6.10 Å². The smallest absolute Gasteiger partial charge is 0.194 e. The van der Waals surface area contributed by atoms with Crippen LogP contribution in [0.1, 0.15) is 33.1 Å². The van der Waals surface area contributed by atoms with Gasteiger partial charge >= 0.3 is 0 Å². The summed E-state index contributed by atoms with van der Waals surface area (Å²) in [6.07, 6.45) is 3.02. The number of rotatable bonds is 7. The van der Waals surface area contributed by atoms with Crippen LogP contribution in [0, 0.1) is 0 Å². The number of guanidine groups is 1. The Hall–Kier alpha value is -0.850. The zero-order valence-corrected chi connectivity index (χ0v) is 15.0. The molecule has 0 amide bonds. The zero-order chi connectivity index (χ0) is 16.5. The van der Waals surface area contributed by atoms with Crippen LogP contribution in [0.4, 0.5) is 0 Å². The Bertz CT molecular complexity index is 355. The fourth-order valence-electron chi connectivity index (χ4n) is 3.32. The van der Waals surface area contributed by atoms with Gasteiger partial charge in [-0.25, -0.2) is 0 Å². The molecule has 0 saturated carbocycles. The monoisotopic (exact) mass is 325 g/mol. The number of aliphatic imine (C=N–C) groups is 1. The van der Waals surface area contributed by atoms with E-state index < -0.39 is 0 Å². The number of likely N-dealkylation sites (tertiary alicyclic amines) is 1. The van der Waals surface area contributed by atoms with E-state index >= 15 is 0 Å². The van der Waals surface area contributed by atoms with Gasteiger partial charge < -0.3 is 25.1 Å². The van der Waals surface area contributed by atoms with Crippen LogP contribution >= 0.6 is 0 Å². The summed E-state index contributed by atoms with van der Waals surface area (Å²) >= 11 is 0. The summed E-state index contributed by atoms with van der Waals surface area (Å²) in [4.78, 5) is 12.0. The van der Waals surface area contributed by atoms with Crippen LogP contribution in [0.5, 0.6) is 0 Å². The fourth-order valence-corrected chi connectivity index (χ4v) is 3.32. The number of nitrogens with zero attached hydrogens (tertiary/aromatic N) is 4. The zero-order valence-electron chi connectivity index (χ0n) is 15.0. The average Bonchev–Trinajstić information content (AvgIpc) is 3.00. The van der Waals surface area contributed by atoms with Crippen LogP contribution in [0.3, 0.4) is 0 Å². The van der Waals surface area contributed by atoms with Crippen molar-refractivity contribution < 1.29 is 5.11 Å². The van der Waals surface area contributed by atoms with Crippen LogP contribution in [0.15, 0.2) is 4.99 Å². The van der Waals surface area contributed by atoms with Crippen molar-refractivity contribution in [1.82, 2.24) is 20.0 Å². The summed E-state index contributed by atoms with van der Waals surface area (Å²) < 4.78 is 0. The minimum Gasteiger partial charge on any atom is -0.391 e. The first-order chi connectivity index (χ1) is 11.2. The Balaban J connectivity index is 1.62. The van der Waals surface area contributed by atoms with Crippen molar-refractivity contribution in [2.75, 3.05) is 65.4 Å². The minimum atomic E-state index is -0.194. The lowest BCUT2D eigenvalue weighted by Gasteiger charge is -2.33. The van der Waals surface area contributed by atoms with Crippen molar-refractivity contribution in [3.63, 3.8) is 0 Å². The van der Waals surface area contributed by atoms with Gasteiger partial charge in [0.2, 0.25) is 0 Å². The lowest BCUT2D eigenvalue weighted by molar-refractivity contribution is 0.136. The quantitative estimate of drug-likeness (QED) is 0.404. The molecule has 0 aromatic heterocycles. The highest BCUT2D eigenvalue weighted by molar-refractivity contribution is 5.80. The Kier molecular flexibility index (Phi) is 8.12. The minimum absolute atomic E-state index is 0.194. The first kappa shape index (κ1) is 18.5. The lowest BCUT2D eigenvalue weighted by Crippen LogP contribution is -2.46. The van der Waals surface area contributed by atoms with E-state index in [4.69, 9.17) is 4.99 Å². The SMILES string of the molecule is CCNC(=NCCCCN1CCN(CC)CC1)N1CC[C@@H](O)C1. The van der Waals surface area contributed by atoms with E-state index in [1.807, 2.05) is 0 Å². The predicted molar refractivity (Wildman–Crippen MR) is 96.0 cm³/mol. The molecule has 0 aromatic rings. The second-order valence-electron chi connectivity index (χ2n) is 6.61. The first-order valence-electron chi connectivity index (χ1n) is 9.39. The second kappa shape index (κ2) is 10.1. The Morgan fingerprint density at radius 2 is 1.83 bits per heavy atom. The number of unbranched alkanes of at least 4 members (excludes halogenated alkanes) is 1. The third-order valence-electron chi connectivity index (χ3n) is 4.85. The van der Waals surface area contributed by atoms with Crippen LogP contribution in [-0.2, 0) is 0 Å². The molecule has 2 rings (SSSR count). The maximum atomic E-state index is 9.67. The van der Waals surface area contributed by atoms with Gasteiger partial charge in [-0.15, -0.1) is 0 Å². The first-order valence-corrected chi connectivity index (χ1v) is 9.39. The third kappa shape index (κ3) is 6.28.